The highest BCUT2D eigenvalue weighted by Crippen LogP contribution is 2.21. The van der Waals surface area contributed by atoms with Gasteiger partial charge in [0.25, 0.3) is 0 Å². The molecule has 0 spiro atoms. The predicted octanol–water partition coefficient (Wildman–Crippen LogP) is 2.20. The molecule has 1 N–H and O–H groups in total. The number of benzene rings is 1. The fraction of sp³-hybridized carbons (Fsp3) is 0.467. The summed E-state index contributed by atoms with van der Waals surface area (Å²) in [7, 11) is 0. The predicted molar refractivity (Wildman–Crippen MR) is 73.5 cm³/mol. The third-order valence-corrected chi connectivity index (χ3v) is 3.54. The number of carboxylic acids is 1. The first kappa shape index (κ1) is 16.2. The van der Waals surface area contributed by atoms with Crippen LogP contribution in [0.1, 0.15) is 25.7 Å². The summed E-state index contributed by atoms with van der Waals surface area (Å²) >= 11 is 0. The van der Waals surface area contributed by atoms with Gasteiger partial charge in [0.15, 0.2) is 11.6 Å². The number of carbonyl (C=O) groups is 2. The largest absolute Gasteiger partial charge is 0.490 e. The maximum absolute atomic E-state index is 13.1. The van der Waals surface area contributed by atoms with Gasteiger partial charge in [-0.15, -0.1) is 0 Å². The molecule has 2 rings (SSSR count). The number of nitrogens with zero attached hydrogens (tertiary/aromatic N) is 1. The Hall–Kier alpha value is -2.18. The van der Waals surface area contributed by atoms with Crippen molar-refractivity contribution in [1.82, 2.24) is 4.90 Å². The van der Waals surface area contributed by atoms with Gasteiger partial charge in [-0.1, -0.05) is 0 Å². The zero-order chi connectivity index (χ0) is 16.1. The normalized spacial score (nSPS) is 15.6. The number of likely N-dealkylation sites (tertiary alicyclic amines) is 1. The van der Waals surface area contributed by atoms with E-state index in [4.69, 9.17) is 9.84 Å². The lowest BCUT2D eigenvalue weighted by Crippen LogP contribution is -2.41. The van der Waals surface area contributed by atoms with Crippen molar-refractivity contribution in [2.45, 2.75) is 31.8 Å². The summed E-state index contributed by atoms with van der Waals surface area (Å²) in [5.41, 5.74) is 0. The molecule has 1 heterocycles. The van der Waals surface area contributed by atoms with Crippen LogP contribution in [0.25, 0.3) is 0 Å². The van der Waals surface area contributed by atoms with E-state index in [0.717, 1.165) is 12.1 Å². The zero-order valence-electron chi connectivity index (χ0n) is 11.9. The molecule has 0 radical (unpaired) electrons. The molecule has 7 heteroatoms. The highest BCUT2D eigenvalue weighted by Gasteiger charge is 2.24. The van der Waals surface area contributed by atoms with E-state index in [1.807, 2.05) is 0 Å². The van der Waals surface area contributed by atoms with Crippen LogP contribution in [-0.4, -0.2) is 41.1 Å². The van der Waals surface area contributed by atoms with Crippen LogP contribution < -0.4 is 4.74 Å². The second-order valence-corrected chi connectivity index (χ2v) is 5.17. The number of hydrogen-bond donors (Lipinski definition) is 1. The Morgan fingerprint density at radius 2 is 1.86 bits per heavy atom. The molecule has 0 aromatic heterocycles. The highest BCUT2D eigenvalue weighted by atomic mass is 19.2. The van der Waals surface area contributed by atoms with E-state index in [9.17, 15) is 18.4 Å². The molecule has 0 atom stereocenters. The molecule has 0 aliphatic carbocycles. The maximum Gasteiger partial charge on any atom is 0.303 e. The molecule has 0 saturated carbocycles. The summed E-state index contributed by atoms with van der Waals surface area (Å²) in [6.07, 6.45) is 0.775. The Kier molecular flexibility index (Phi) is 5.30. The first-order chi connectivity index (χ1) is 10.5. The van der Waals surface area contributed by atoms with Gasteiger partial charge >= 0.3 is 5.97 Å². The summed E-state index contributed by atoms with van der Waals surface area (Å²) in [4.78, 5) is 23.8. The molecule has 1 aliphatic rings. The fourth-order valence-corrected chi connectivity index (χ4v) is 2.34. The minimum atomic E-state index is -0.995. The average molecular weight is 313 g/mol. The van der Waals surface area contributed by atoms with Crippen molar-refractivity contribution < 1.29 is 28.2 Å². The molecule has 1 aromatic rings. The van der Waals surface area contributed by atoms with Crippen LogP contribution in [0, 0.1) is 11.6 Å². The van der Waals surface area contributed by atoms with Crippen LogP contribution in [0.15, 0.2) is 18.2 Å². The first-order valence-electron chi connectivity index (χ1n) is 7.07. The van der Waals surface area contributed by atoms with Crippen molar-refractivity contribution in [3.8, 4) is 5.75 Å². The van der Waals surface area contributed by atoms with E-state index < -0.39 is 17.6 Å². The topological polar surface area (TPSA) is 66.8 Å². The number of ether oxygens (including phenoxy) is 1. The lowest BCUT2D eigenvalue weighted by molar-refractivity contribution is -0.141. The third kappa shape index (κ3) is 4.41. The van der Waals surface area contributed by atoms with Crippen molar-refractivity contribution in [3.05, 3.63) is 29.8 Å². The van der Waals surface area contributed by atoms with Gasteiger partial charge in [-0.05, 0) is 12.1 Å². The SMILES string of the molecule is O=C(O)CCC(=O)N1CCC(Oc2ccc(F)c(F)c2)CC1. The molecule has 1 aliphatic heterocycles. The number of rotatable bonds is 5. The number of amides is 1. The van der Waals surface area contributed by atoms with E-state index in [1.165, 1.54) is 6.07 Å². The van der Waals surface area contributed by atoms with E-state index in [0.29, 0.717) is 25.9 Å². The smallest absolute Gasteiger partial charge is 0.303 e. The third-order valence-electron chi connectivity index (χ3n) is 3.54. The first-order valence-corrected chi connectivity index (χ1v) is 7.07. The summed E-state index contributed by atoms with van der Waals surface area (Å²) in [6.45, 7) is 0.930. The standard InChI is InChI=1S/C15H17F2NO4/c16-12-2-1-11(9-13(12)17)22-10-5-7-18(8-6-10)14(19)3-4-15(20)21/h1-2,9-10H,3-8H2,(H,20,21). The Morgan fingerprint density at radius 3 is 2.45 bits per heavy atom. The van der Waals surface area contributed by atoms with Crippen molar-refractivity contribution in [2.24, 2.45) is 0 Å². The lowest BCUT2D eigenvalue weighted by Gasteiger charge is -2.32. The van der Waals surface area contributed by atoms with E-state index in [-0.39, 0.29) is 30.6 Å². The van der Waals surface area contributed by atoms with Crippen molar-refractivity contribution in [3.63, 3.8) is 0 Å². The number of carbonyl (C=O) groups excluding carboxylic acids is 1. The van der Waals surface area contributed by atoms with Crippen molar-refractivity contribution >= 4 is 11.9 Å². The molecule has 1 fully saturated rings. The molecule has 0 unspecified atom stereocenters. The molecule has 120 valence electrons. The fourth-order valence-electron chi connectivity index (χ4n) is 2.34. The minimum Gasteiger partial charge on any atom is -0.490 e. The van der Waals surface area contributed by atoms with Gasteiger partial charge < -0.3 is 14.7 Å². The number of halogens is 2. The van der Waals surface area contributed by atoms with Crippen molar-refractivity contribution in [2.75, 3.05) is 13.1 Å². The van der Waals surface area contributed by atoms with Gasteiger partial charge in [-0.2, -0.15) is 0 Å². The lowest BCUT2D eigenvalue weighted by atomic mass is 10.1. The Balaban J connectivity index is 1.80. The van der Waals surface area contributed by atoms with Gasteiger partial charge in [-0.25, -0.2) is 8.78 Å². The molecule has 1 saturated heterocycles. The van der Waals surface area contributed by atoms with Crippen LogP contribution >= 0.6 is 0 Å². The Labute approximate surface area is 126 Å². The van der Waals surface area contributed by atoms with Crippen LogP contribution in [0.5, 0.6) is 5.75 Å². The van der Waals surface area contributed by atoms with Crippen molar-refractivity contribution in [1.29, 1.82) is 0 Å². The molecule has 1 amide bonds. The van der Waals surface area contributed by atoms with Gasteiger partial charge in [0.2, 0.25) is 5.91 Å². The van der Waals surface area contributed by atoms with Crippen LogP contribution in [-0.2, 0) is 9.59 Å². The van der Waals surface area contributed by atoms with Gasteiger partial charge in [-0.3, -0.25) is 9.59 Å². The second kappa shape index (κ2) is 7.20. The summed E-state index contributed by atoms with van der Waals surface area (Å²) in [5, 5.41) is 8.56. The number of aliphatic carboxylic acids is 1. The maximum atomic E-state index is 13.1. The van der Waals surface area contributed by atoms with Gasteiger partial charge in [0, 0.05) is 38.4 Å². The average Bonchev–Trinajstić information content (AvgIpc) is 2.49. The van der Waals surface area contributed by atoms with Crippen LogP contribution in [0.3, 0.4) is 0 Å². The zero-order valence-corrected chi connectivity index (χ0v) is 11.9. The number of piperidine rings is 1. The molecule has 1 aromatic carbocycles. The number of carboxylic acid groups (broad SMARTS) is 1. The Morgan fingerprint density at radius 1 is 1.18 bits per heavy atom. The molecule has 22 heavy (non-hydrogen) atoms. The second-order valence-electron chi connectivity index (χ2n) is 5.17. The van der Waals surface area contributed by atoms with E-state index in [2.05, 4.69) is 0 Å². The molecular formula is C15H17F2NO4. The quantitative estimate of drug-likeness (QED) is 0.905. The molecule has 0 bridgehead atoms. The van der Waals surface area contributed by atoms with Crippen LogP contribution in [0.4, 0.5) is 8.78 Å². The molecule has 5 nitrogen and oxygen atoms in total. The van der Waals surface area contributed by atoms with E-state index >= 15 is 0 Å². The highest BCUT2D eigenvalue weighted by molar-refractivity contribution is 5.80. The van der Waals surface area contributed by atoms with Crippen LogP contribution in [0.2, 0.25) is 0 Å². The number of hydrogen-bond acceptors (Lipinski definition) is 3. The Bertz CT molecular complexity index is 556. The minimum absolute atomic E-state index is 0.00989. The van der Waals surface area contributed by atoms with Gasteiger partial charge in [0.1, 0.15) is 11.9 Å². The summed E-state index contributed by atoms with van der Waals surface area (Å²) in [6, 6.07) is 3.37. The summed E-state index contributed by atoms with van der Waals surface area (Å²) < 4.78 is 31.5. The molecular weight excluding hydrogens is 296 g/mol. The monoisotopic (exact) mass is 313 g/mol. The van der Waals surface area contributed by atoms with E-state index in [1.54, 1.807) is 4.90 Å². The summed E-state index contributed by atoms with van der Waals surface area (Å²) in [5.74, 6) is -2.81. The van der Waals surface area contributed by atoms with Gasteiger partial charge in [0.05, 0.1) is 6.42 Å².